The molecule has 0 bridgehead atoms. The van der Waals surface area contributed by atoms with Crippen molar-refractivity contribution in [3.8, 4) is 0 Å². The van der Waals surface area contributed by atoms with E-state index >= 15 is 0 Å². The number of hydrogen-bond acceptors (Lipinski definition) is 1. The molecule has 0 amide bonds. The SMILES string of the molecule is Cc1cc(C(C)O)n(C)c1. The Morgan fingerprint density at radius 2 is 2.20 bits per heavy atom. The first-order chi connectivity index (χ1) is 4.61. The molecule has 0 fully saturated rings. The van der Waals surface area contributed by atoms with E-state index < -0.39 is 0 Å². The highest BCUT2D eigenvalue weighted by molar-refractivity contribution is 5.18. The van der Waals surface area contributed by atoms with Gasteiger partial charge in [-0.25, -0.2) is 0 Å². The Labute approximate surface area is 61.1 Å². The molecule has 1 aromatic heterocycles. The van der Waals surface area contributed by atoms with Crippen molar-refractivity contribution >= 4 is 0 Å². The average Bonchev–Trinajstić information content (AvgIpc) is 2.10. The molecular weight excluding hydrogens is 126 g/mol. The second-order valence-electron chi connectivity index (χ2n) is 2.73. The minimum atomic E-state index is -0.362. The van der Waals surface area contributed by atoms with Gasteiger partial charge >= 0.3 is 0 Å². The summed E-state index contributed by atoms with van der Waals surface area (Å²) in [6, 6.07) is 1.99. The monoisotopic (exact) mass is 139 g/mol. The summed E-state index contributed by atoms with van der Waals surface area (Å²) in [5.74, 6) is 0. The van der Waals surface area contributed by atoms with Crippen LogP contribution in [0.1, 0.15) is 24.3 Å². The molecule has 10 heavy (non-hydrogen) atoms. The lowest BCUT2D eigenvalue weighted by atomic mass is 10.2. The Hall–Kier alpha value is -0.760. The molecule has 1 unspecified atom stereocenters. The van der Waals surface area contributed by atoms with E-state index in [-0.39, 0.29) is 6.10 Å². The number of aromatic nitrogens is 1. The fourth-order valence-electron chi connectivity index (χ4n) is 1.17. The van der Waals surface area contributed by atoms with E-state index in [1.54, 1.807) is 6.92 Å². The van der Waals surface area contributed by atoms with Gasteiger partial charge < -0.3 is 9.67 Å². The largest absolute Gasteiger partial charge is 0.387 e. The molecule has 0 spiro atoms. The van der Waals surface area contributed by atoms with Crippen LogP contribution in [0.4, 0.5) is 0 Å². The van der Waals surface area contributed by atoms with E-state index in [2.05, 4.69) is 0 Å². The van der Waals surface area contributed by atoms with Crippen LogP contribution in [0.5, 0.6) is 0 Å². The second-order valence-corrected chi connectivity index (χ2v) is 2.73. The number of nitrogens with zero attached hydrogens (tertiary/aromatic N) is 1. The summed E-state index contributed by atoms with van der Waals surface area (Å²) < 4.78 is 1.94. The van der Waals surface area contributed by atoms with Crippen LogP contribution in [0.3, 0.4) is 0 Å². The number of aliphatic hydroxyl groups excluding tert-OH is 1. The van der Waals surface area contributed by atoms with Crippen molar-refractivity contribution in [1.82, 2.24) is 4.57 Å². The highest BCUT2D eigenvalue weighted by Crippen LogP contribution is 2.13. The molecule has 2 heteroatoms. The third-order valence-corrected chi connectivity index (χ3v) is 1.61. The standard InChI is InChI=1S/C8H13NO/c1-6-4-8(7(2)10)9(3)5-6/h4-5,7,10H,1-3H3. The maximum atomic E-state index is 9.20. The van der Waals surface area contributed by atoms with E-state index in [0.717, 1.165) is 5.69 Å². The lowest BCUT2D eigenvalue weighted by Gasteiger charge is -2.03. The van der Waals surface area contributed by atoms with Gasteiger partial charge in [0.2, 0.25) is 0 Å². The van der Waals surface area contributed by atoms with Crippen LogP contribution in [0.2, 0.25) is 0 Å². The van der Waals surface area contributed by atoms with Crippen molar-refractivity contribution in [1.29, 1.82) is 0 Å². The number of rotatable bonds is 1. The summed E-state index contributed by atoms with van der Waals surface area (Å²) in [5, 5.41) is 9.20. The molecule has 1 atom stereocenters. The number of aryl methyl sites for hydroxylation is 2. The van der Waals surface area contributed by atoms with Gasteiger partial charge in [-0.05, 0) is 25.5 Å². The number of hydrogen-bond donors (Lipinski definition) is 1. The zero-order valence-corrected chi connectivity index (χ0v) is 6.63. The fraction of sp³-hybridized carbons (Fsp3) is 0.500. The second kappa shape index (κ2) is 2.46. The van der Waals surface area contributed by atoms with Crippen molar-refractivity contribution in [3.05, 3.63) is 23.5 Å². The Balaban J connectivity index is 3.03. The van der Waals surface area contributed by atoms with Gasteiger partial charge in [0.05, 0.1) is 6.10 Å². The van der Waals surface area contributed by atoms with E-state index in [9.17, 15) is 5.11 Å². The molecule has 0 saturated heterocycles. The molecule has 1 heterocycles. The van der Waals surface area contributed by atoms with Crippen LogP contribution in [-0.4, -0.2) is 9.67 Å². The first kappa shape index (κ1) is 7.35. The Bertz CT molecular complexity index is 225. The smallest absolute Gasteiger partial charge is 0.0911 e. The predicted octanol–water partition coefficient (Wildman–Crippen LogP) is 1.39. The molecule has 1 aromatic rings. The van der Waals surface area contributed by atoms with Crippen LogP contribution in [0.15, 0.2) is 12.3 Å². The fourth-order valence-corrected chi connectivity index (χ4v) is 1.17. The zero-order chi connectivity index (χ0) is 7.72. The Morgan fingerprint density at radius 1 is 1.60 bits per heavy atom. The van der Waals surface area contributed by atoms with Gasteiger partial charge in [-0.15, -0.1) is 0 Å². The van der Waals surface area contributed by atoms with E-state index in [1.165, 1.54) is 5.56 Å². The summed E-state index contributed by atoms with van der Waals surface area (Å²) >= 11 is 0. The lowest BCUT2D eigenvalue weighted by Crippen LogP contribution is -1.98. The van der Waals surface area contributed by atoms with Gasteiger partial charge in [0, 0.05) is 18.9 Å². The maximum absolute atomic E-state index is 9.20. The summed E-state index contributed by atoms with van der Waals surface area (Å²) in [7, 11) is 1.94. The Kier molecular flexibility index (Phi) is 1.81. The van der Waals surface area contributed by atoms with Crippen molar-refractivity contribution in [3.63, 3.8) is 0 Å². The molecule has 0 aliphatic rings. The van der Waals surface area contributed by atoms with Crippen LogP contribution in [0, 0.1) is 6.92 Å². The normalized spacial score (nSPS) is 13.6. The van der Waals surface area contributed by atoms with Crippen LogP contribution in [-0.2, 0) is 7.05 Å². The van der Waals surface area contributed by atoms with E-state index in [1.807, 2.05) is 30.8 Å². The zero-order valence-electron chi connectivity index (χ0n) is 6.63. The topological polar surface area (TPSA) is 25.2 Å². The quantitative estimate of drug-likeness (QED) is 0.625. The van der Waals surface area contributed by atoms with Crippen molar-refractivity contribution in [2.45, 2.75) is 20.0 Å². The predicted molar refractivity (Wildman–Crippen MR) is 40.8 cm³/mol. The first-order valence-electron chi connectivity index (χ1n) is 3.42. The highest BCUT2D eigenvalue weighted by Gasteiger charge is 2.04. The van der Waals surface area contributed by atoms with E-state index in [0.29, 0.717) is 0 Å². The molecule has 56 valence electrons. The summed E-state index contributed by atoms with van der Waals surface area (Å²) in [4.78, 5) is 0. The van der Waals surface area contributed by atoms with Gasteiger partial charge in [0.25, 0.3) is 0 Å². The van der Waals surface area contributed by atoms with Crippen molar-refractivity contribution < 1.29 is 5.11 Å². The molecule has 1 rings (SSSR count). The average molecular weight is 139 g/mol. The van der Waals surface area contributed by atoms with E-state index in [4.69, 9.17) is 0 Å². The molecule has 0 radical (unpaired) electrons. The molecular formula is C8H13NO. The molecule has 0 aliphatic heterocycles. The molecule has 2 nitrogen and oxygen atoms in total. The summed E-state index contributed by atoms with van der Waals surface area (Å²) in [5.41, 5.74) is 2.16. The third kappa shape index (κ3) is 1.21. The Morgan fingerprint density at radius 3 is 2.40 bits per heavy atom. The highest BCUT2D eigenvalue weighted by atomic mass is 16.3. The van der Waals surface area contributed by atoms with Gasteiger partial charge in [-0.1, -0.05) is 0 Å². The minimum absolute atomic E-state index is 0.362. The number of aliphatic hydroxyl groups is 1. The van der Waals surface area contributed by atoms with Crippen LogP contribution >= 0.6 is 0 Å². The molecule has 0 saturated carbocycles. The van der Waals surface area contributed by atoms with Gasteiger partial charge in [0.15, 0.2) is 0 Å². The van der Waals surface area contributed by atoms with Gasteiger partial charge in [-0.2, -0.15) is 0 Å². The third-order valence-electron chi connectivity index (χ3n) is 1.61. The maximum Gasteiger partial charge on any atom is 0.0911 e. The van der Waals surface area contributed by atoms with Gasteiger partial charge in [-0.3, -0.25) is 0 Å². The lowest BCUT2D eigenvalue weighted by molar-refractivity contribution is 0.190. The molecule has 0 aromatic carbocycles. The molecule has 0 aliphatic carbocycles. The van der Waals surface area contributed by atoms with Gasteiger partial charge in [0.1, 0.15) is 0 Å². The van der Waals surface area contributed by atoms with Crippen LogP contribution in [0.25, 0.3) is 0 Å². The summed E-state index contributed by atoms with van der Waals surface area (Å²) in [6.07, 6.45) is 1.64. The molecule has 1 N–H and O–H groups in total. The summed E-state index contributed by atoms with van der Waals surface area (Å²) in [6.45, 7) is 3.79. The minimum Gasteiger partial charge on any atom is -0.387 e. The van der Waals surface area contributed by atoms with Crippen LogP contribution < -0.4 is 0 Å². The first-order valence-corrected chi connectivity index (χ1v) is 3.42. The van der Waals surface area contributed by atoms with Crippen molar-refractivity contribution in [2.75, 3.05) is 0 Å². The van der Waals surface area contributed by atoms with Crippen molar-refractivity contribution in [2.24, 2.45) is 7.05 Å².